The average molecular weight is 395 g/mol. The minimum Gasteiger partial charge on any atom is -0.350 e. The van der Waals surface area contributed by atoms with Crippen molar-refractivity contribution in [1.29, 1.82) is 0 Å². The van der Waals surface area contributed by atoms with Crippen molar-refractivity contribution in [1.82, 2.24) is 5.32 Å². The molecule has 0 bridgehead atoms. The van der Waals surface area contributed by atoms with E-state index in [1.54, 1.807) is 6.07 Å². The van der Waals surface area contributed by atoms with E-state index in [4.69, 9.17) is 11.6 Å². The number of carbonyl (C=O) groups excluding carboxylic acids is 1. The lowest BCUT2D eigenvalue weighted by atomic mass is 10.1. The highest BCUT2D eigenvalue weighted by atomic mass is 35.5. The number of amides is 1. The maximum Gasteiger partial charge on any atom is 0.253 e. The van der Waals surface area contributed by atoms with Gasteiger partial charge in [0.2, 0.25) is 10.0 Å². The standard InChI is InChI=1S/C19H23ClN2O3S/c1-14(9-10-15-7-5-4-6-8-15)21-19(23)17-13-16(11-12-18(17)20)22(2)26(3,24)25/h4-8,11-14H,9-10H2,1-3H3,(H,21,23). The monoisotopic (exact) mass is 394 g/mol. The summed E-state index contributed by atoms with van der Waals surface area (Å²) < 4.78 is 24.5. The molecular formula is C19H23ClN2O3S. The molecule has 0 radical (unpaired) electrons. The number of benzene rings is 2. The number of rotatable bonds is 7. The Kier molecular flexibility index (Phi) is 6.67. The Labute approximate surface area is 160 Å². The van der Waals surface area contributed by atoms with Gasteiger partial charge in [-0.05, 0) is 43.5 Å². The van der Waals surface area contributed by atoms with Crippen LogP contribution in [0.5, 0.6) is 0 Å². The second kappa shape index (κ2) is 8.56. The number of aryl methyl sites for hydroxylation is 1. The number of sulfonamides is 1. The van der Waals surface area contributed by atoms with Gasteiger partial charge in [-0.3, -0.25) is 9.10 Å². The molecule has 0 fully saturated rings. The number of halogens is 1. The van der Waals surface area contributed by atoms with E-state index in [0.29, 0.717) is 5.69 Å². The molecule has 0 saturated heterocycles. The summed E-state index contributed by atoms with van der Waals surface area (Å²) in [5.41, 5.74) is 1.86. The molecule has 1 amide bonds. The second-order valence-electron chi connectivity index (χ2n) is 6.29. The van der Waals surface area contributed by atoms with E-state index in [-0.39, 0.29) is 22.5 Å². The van der Waals surface area contributed by atoms with E-state index in [2.05, 4.69) is 17.4 Å². The Hall–Kier alpha value is -2.05. The highest BCUT2D eigenvalue weighted by Crippen LogP contribution is 2.24. The van der Waals surface area contributed by atoms with Crippen molar-refractivity contribution in [3.8, 4) is 0 Å². The minimum atomic E-state index is -3.41. The van der Waals surface area contributed by atoms with Crippen LogP contribution < -0.4 is 9.62 Å². The van der Waals surface area contributed by atoms with Crippen LogP contribution in [0.4, 0.5) is 5.69 Å². The fraction of sp³-hybridized carbons (Fsp3) is 0.316. The van der Waals surface area contributed by atoms with Gasteiger partial charge in [0, 0.05) is 13.1 Å². The van der Waals surface area contributed by atoms with Gasteiger partial charge in [-0.1, -0.05) is 41.9 Å². The number of nitrogens with one attached hydrogen (secondary N) is 1. The number of anilines is 1. The molecule has 0 heterocycles. The van der Waals surface area contributed by atoms with Crippen molar-refractivity contribution in [2.45, 2.75) is 25.8 Å². The fourth-order valence-corrected chi connectivity index (χ4v) is 3.18. The van der Waals surface area contributed by atoms with Gasteiger partial charge in [-0.25, -0.2) is 8.42 Å². The number of hydrogen-bond donors (Lipinski definition) is 1. The zero-order valence-electron chi connectivity index (χ0n) is 15.1. The van der Waals surface area contributed by atoms with Crippen molar-refractivity contribution < 1.29 is 13.2 Å². The van der Waals surface area contributed by atoms with Crippen molar-refractivity contribution in [2.24, 2.45) is 0 Å². The largest absolute Gasteiger partial charge is 0.350 e. The van der Waals surface area contributed by atoms with Crippen molar-refractivity contribution >= 4 is 33.2 Å². The van der Waals surface area contributed by atoms with E-state index in [9.17, 15) is 13.2 Å². The van der Waals surface area contributed by atoms with Crippen LogP contribution in [0.3, 0.4) is 0 Å². The molecule has 7 heteroatoms. The molecular weight excluding hydrogens is 372 g/mol. The van der Waals surface area contributed by atoms with E-state index in [1.807, 2.05) is 25.1 Å². The molecule has 1 N–H and O–H groups in total. The maximum absolute atomic E-state index is 12.5. The fourth-order valence-electron chi connectivity index (χ4n) is 2.48. The smallest absolute Gasteiger partial charge is 0.253 e. The topological polar surface area (TPSA) is 66.5 Å². The molecule has 2 aromatic carbocycles. The van der Waals surface area contributed by atoms with E-state index < -0.39 is 10.0 Å². The zero-order chi connectivity index (χ0) is 19.3. The third-order valence-electron chi connectivity index (χ3n) is 4.14. The summed E-state index contributed by atoms with van der Waals surface area (Å²) >= 11 is 6.14. The normalized spacial score (nSPS) is 12.5. The number of nitrogens with zero attached hydrogens (tertiary/aromatic N) is 1. The summed E-state index contributed by atoms with van der Waals surface area (Å²) in [5.74, 6) is -0.320. The first-order chi connectivity index (χ1) is 12.2. The van der Waals surface area contributed by atoms with Crippen LogP contribution in [0.2, 0.25) is 5.02 Å². The molecule has 0 aliphatic heterocycles. The molecule has 0 aliphatic rings. The summed E-state index contributed by atoms with van der Waals surface area (Å²) in [6, 6.07) is 14.6. The van der Waals surface area contributed by atoms with Gasteiger partial charge in [0.1, 0.15) is 0 Å². The van der Waals surface area contributed by atoms with Crippen LogP contribution in [0, 0.1) is 0 Å². The molecule has 5 nitrogen and oxygen atoms in total. The Morgan fingerprint density at radius 2 is 1.85 bits per heavy atom. The van der Waals surface area contributed by atoms with Gasteiger partial charge in [0.15, 0.2) is 0 Å². The minimum absolute atomic E-state index is 0.0462. The zero-order valence-corrected chi connectivity index (χ0v) is 16.6. The predicted molar refractivity (Wildman–Crippen MR) is 106 cm³/mol. The van der Waals surface area contributed by atoms with Crippen LogP contribution in [-0.4, -0.2) is 33.7 Å². The molecule has 2 rings (SSSR count). The molecule has 1 unspecified atom stereocenters. The van der Waals surface area contributed by atoms with E-state index in [0.717, 1.165) is 23.4 Å². The first-order valence-corrected chi connectivity index (χ1v) is 10.5. The summed E-state index contributed by atoms with van der Waals surface area (Å²) in [6.07, 6.45) is 2.75. The van der Waals surface area contributed by atoms with Crippen molar-refractivity contribution in [3.63, 3.8) is 0 Å². The third kappa shape index (κ3) is 5.47. The highest BCUT2D eigenvalue weighted by molar-refractivity contribution is 7.92. The van der Waals surface area contributed by atoms with E-state index in [1.165, 1.54) is 24.7 Å². The number of hydrogen-bond acceptors (Lipinski definition) is 3. The summed E-state index contributed by atoms with van der Waals surface area (Å²) in [7, 11) is -1.98. The Morgan fingerprint density at radius 3 is 2.46 bits per heavy atom. The average Bonchev–Trinajstić information content (AvgIpc) is 2.59. The lowest BCUT2D eigenvalue weighted by Gasteiger charge is -2.19. The van der Waals surface area contributed by atoms with Gasteiger partial charge < -0.3 is 5.32 Å². The van der Waals surface area contributed by atoms with Crippen LogP contribution in [0.1, 0.15) is 29.3 Å². The van der Waals surface area contributed by atoms with Gasteiger partial charge in [-0.15, -0.1) is 0 Å². The van der Waals surface area contributed by atoms with Gasteiger partial charge in [0.05, 0.1) is 22.5 Å². The van der Waals surface area contributed by atoms with Crippen molar-refractivity contribution in [2.75, 3.05) is 17.6 Å². The SMILES string of the molecule is CC(CCc1ccccc1)NC(=O)c1cc(N(C)S(C)(=O)=O)ccc1Cl. The summed E-state index contributed by atoms with van der Waals surface area (Å²) in [5, 5.41) is 3.20. The second-order valence-corrected chi connectivity index (χ2v) is 8.71. The van der Waals surface area contributed by atoms with E-state index >= 15 is 0 Å². The quantitative estimate of drug-likeness (QED) is 0.781. The molecule has 0 saturated carbocycles. The highest BCUT2D eigenvalue weighted by Gasteiger charge is 2.18. The van der Waals surface area contributed by atoms with Gasteiger partial charge in [-0.2, -0.15) is 0 Å². The Morgan fingerprint density at radius 1 is 1.19 bits per heavy atom. The molecule has 140 valence electrons. The first-order valence-electron chi connectivity index (χ1n) is 8.26. The lowest BCUT2D eigenvalue weighted by molar-refractivity contribution is 0.0938. The summed E-state index contributed by atoms with van der Waals surface area (Å²) in [4.78, 5) is 12.5. The molecule has 0 spiro atoms. The molecule has 1 atom stereocenters. The Bertz CT molecular complexity index is 870. The third-order valence-corrected chi connectivity index (χ3v) is 5.68. The van der Waals surface area contributed by atoms with Crippen molar-refractivity contribution in [3.05, 3.63) is 64.7 Å². The first kappa shape index (κ1) is 20.3. The maximum atomic E-state index is 12.5. The molecule has 0 aliphatic carbocycles. The molecule has 0 aromatic heterocycles. The number of carbonyl (C=O) groups is 1. The summed E-state index contributed by atoms with van der Waals surface area (Å²) in [6.45, 7) is 1.93. The van der Waals surface area contributed by atoms with Gasteiger partial charge in [0.25, 0.3) is 5.91 Å². The van der Waals surface area contributed by atoms with Crippen LogP contribution in [0.15, 0.2) is 48.5 Å². The van der Waals surface area contributed by atoms with Crippen LogP contribution in [0.25, 0.3) is 0 Å². The van der Waals surface area contributed by atoms with Crippen LogP contribution in [-0.2, 0) is 16.4 Å². The lowest BCUT2D eigenvalue weighted by Crippen LogP contribution is -2.33. The van der Waals surface area contributed by atoms with Crippen LogP contribution >= 0.6 is 11.6 Å². The Balaban J connectivity index is 2.06. The predicted octanol–water partition coefficient (Wildman–Crippen LogP) is 3.49. The molecule has 26 heavy (non-hydrogen) atoms. The molecule has 2 aromatic rings. The van der Waals surface area contributed by atoms with Gasteiger partial charge >= 0.3 is 0 Å².